The number of nitrogens with zero attached hydrogens (tertiary/aromatic N) is 1. The van der Waals surface area contributed by atoms with E-state index in [4.69, 9.17) is 14.4 Å². The molecule has 0 radical (unpaired) electrons. The summed E-state index contributed by atoms with van der Waals surface area (Å²) < 4.78 is 10.8. The third-order valence-corrected chi connectivity index (χ3v) is 6.26. The van der Waals surface area contributed by atoms with Crippen molar-refractivity contribution in [3.05, 3.63) is 89.6 Å². The van der Waals surface area contributed by atoms with E-state index < -0.39 is 5.97 Å². The van der Waals surface area contributed by atoms with Crippen LogP contribution in [0.3, 0.4) is 0 Å². The smallest absolute Gasteiger partial charge is 0.358 e. The highest BCUT2D eigenvalue weighted by atomic mass is 16.5. The maximum atomic E-state index is 12.4. The van der Waals surface area contributed by atoms with Gasteiger partial charge in [-0.3, -0.25) is 4.79 Å². The van der Waals surface area contributed by atoms with Gasteiger partial charge >= 0.3 is 5.97 Å². The minimum Gasteiger partial charge on any atom is -0.494 e. The normalized spacial score (nSPS) is 11.6. The maximum absolute atomic E-state index is 12.4. The van der Waals surface area contributed by atoms with Crippen molar-refractivity contribution < 1.29 is 24.0 Å². The Morgan fingerprint density at radius 1 is 0.917 bits per heavy atom. The first-order valence-corrected chi connectivity index (χ1v) is 12.0. The third-order valence-electron chi connectivity index (χ3n) is 6.26. The molecule has 1 heterocycles. The van der Waals surface area contributed by atoms with Crippen molar-refractivity contribution in [2.75, 3.05) is 11.9 Å². The number of rotatable bonds is 10. The zero-order valence-electron chi connectivity index (χ0n) is 19.7. The Kier molecular flexibility index (Phi) is 6.80. The van der Waals surface area contributed by atoms with Gasteiger partial charge in [-0.15, -0.1) is 0 Å². The number of carboxylic acid groups (broad SMARTS) is 1. The van der Waals surface area contributed by atoms with Gasteiger partial charge in [-0.1, -0.05) is 35.5 Å². The molecule has 2 N–H and O–H groups in total. The van der Waals surface area contributed by atoms with Crippen LogP contribution in [0.4, 0.5) is 5.69 Å². The molecule has 7 heteroatoms. The molecule has 1 aliphatic carbocycles. The largest absolute Gasteiger partial charge is 0.494 e. The molecule has 4 aromatic rings. The number of aromatic nitrogens is 1. The van der Waals surface area contributed by atoms with Gasteiger partial charge in [0.15, 0.2) is 11.5 Å². The molecule has 1 aromatic heterocycles. The van der Waals surface area contributed by atoms with E-state index in [0.717, 1.165) is 36.9 Å². The molecule has 3 aromatic carbocycles. The zero-order valence-corrected chi connectivity index (χ0v) is 19.7. The molecule has 0 spiro atoms. The lowest BCUT2D eigenvalue weighted by Gasteiger charge is -2.08. The first kappa shape index (κ1) is 23.4. The number of carboxylic acids is 1. The molecular weight excluding hydrogens is 456 g/mol. The summed E-state index contributed by atoms with van der Waals surface area (Å²) in [6.07, 6.45) is 3.91. The van der Waals surface area contributed by atoms with Crippen molar-refractivity contribution in [1.29, 1.82) is 0 Å². The summed E-state index contributed by atoms with van der Waals surface area (Å²) in [5.41, 5.74) is 6.57. The number of unbranched alkanes of at least 4 members (excludes halogenated alkanes) is 2. The lowest BCUT2D eigenvalue weighted by Crippen LogP contribution is -2.11. The van der Waals surface area contributed by atoms with Gasteiger partial charge in [-0.05, 0) is 84.3 Å². The van der Waals surface area contributed by atoms with Gasteiger partial charge in [-0.25, -0.2) is 4.79 Å². The molecule has 5 rings (SSSR count). The van der Waals surface area contributed by atoms with Crippen molar-refractivity contribution in [3.8, 4) is 28.2 Å². The van der Waals surface area contributed by atoms with E-state index in [-0.39, 0.29) is 11.6 Å². The number of hydrogen-bond donors (Lipinski definition) is 2. The van der Waals surface area contributed by atoms with E-state index in [1.807, 2.05) is 6.07 Å². The van der Waals surface area contributed by atoms with Crippen LogP contribution in [0, 0.1) is 0 Å². The summed E-state index contributed by atoms with van der Waals surface area (Å²) >= 11 is 0. The van der Waals surface area contributed by atoms with Gasteiger partial charge < -0.3 is 19.7 Å². The monoisotopic (exact) mass is 482 g/mol. The number of aromatic carboxylic acids is 1. The molecular formula is C29H26N2O5. The van der Waals surface area contributed by atoms with E-state index in [9.17, 15) is 9.59 Å². The predicted molar refractivity (Wildman–Crippen MR) is 136 cm³/mol. The quantitative estimate of drug-likeness (QED) is 0.230. The second-order valence-corrected chi connectivity index (χ2v) is 8.82. The molecule has 182 valence electrons. The summed E-state index contributed by atoms with van der Waals surface area (Å²) in [7, 11) is 0. The molecule has 0 saturated carbocycles. The molecule has 0 atom stereocenters. The Morgan fingerprint density at radius 3 is 2.53 bits per heavy atom. The molecule has 1 amide bonds. The van der Waals surface area contributed by atoms with Crippen LogP contribution in [-0.4, -0.2) is 28.7 Å². The SMILES string of the molecule is O=C(CCCCCOc1ccc(-c2cc(C(=O)O)no2)cc1)Nc1ccc2c(c1)Cc1ccccc1-2. The fraction of sp³-hybridized carbons (Fsp3) is 0.207. The fourth-order valence-electron chi connectivity index (χ4n) is 4.43. The molecule has 36 heavy (non-hydrogen) atoms. The van der Waals surface area contributed by atoms with E-state index in [1.165, 1.54) is 28.3 Å². The van der Waals surface area contributed by atoms with Gasteiger partial charge in [0.25, 0.3) is 0 Å². The lowest BCUT2D eigenvalue weighted by molar-refractivity contribution is -0.116. The summed E-state index contributed by atoms with van der Waals surface area (Å²) in [4.78, 5) is 23.3. The molecule has 0 bridgehead atoms. The Balaban J connectivity index is 1.01. The minimum absolute atomic E-state index is 0.0282. The number of anilines is 1. The molecule has 0 saturated heterocycles. The van der Waals surface area contributed by atoms with Crippen LogP contribution in [-0.2, 0) is 11.2 Å². The Labute approximate surface area is 208 Å². The van der Waals surface area contributed by atoms with E-state index >= 15 is 0 Å². The van der Waals surface area contributed by atoms with Crippen molar-refractivity contribution in [1.82, 2.24) is 5.16 Å². The molecule has 0 unspecified atom stereocenters. The zero-order chi connectivity index (χ0) is 24.9. The fourth-order valence-corrected chi connectivity index (χ4v) is 4.43. The highest BCUT2D eigenvalue weighted by Crippen LogP contribution is 2.37. The van der Waals surface area contributed by atoms with Crippen LogP contribution in [0.5, 0.6) is 5.75 Å². The number of hydrogen-bond acceptors (Lipinski definition) is 5. The maximum Gasteiger partial charge on any atom is 0.358 e. The van der Waals surface area contributed by atoms with Crippen LogP contribution in [0.1, 0.15) is 47.3 Å². The number of carbonyl (C=O) groups is 2. The van der Waals surface area contributed by atoms with E-state index in [2.05, 4.69) is 46.9 Å². The summed E-state index contributed by atoms with van der Waals surface area (Å²) in [5.74, 6) is 0.00729. The number of benzene rings is 3. The van der Waals surface area contributed by atoms with Crippen LogP contribution < -0.4 is 10.1 Å². The van der Waals surface area contributed by atoms with E-state index in [1.54, 1.807) is 24.3 Å². The van der Waals surface area contributed by atoms with Crippen LogP contribution >= 0.6 is 0 Å². The molecule has 0 aliphatic heterocycles. The van der Waals surface area contributed by atoms with Gasteiger partial charge in [-0.2, -0.15) is 0 Å². The second-order valence-electron chi connectivity index (χ2n) is 8.82. The topological polar surface area (TPSA) is 102 Å². The Bertz CT molecular complexity index is 1390. The minimum atomic E-state index is -1.13. The number of amides is 1. The predicted octanol–water partition coefficient (Wildman–Crippen LogP) is 6.19. The van der Waals surface area contributed by atoms with Gasteiger partial charge in [0.05, 0.1) is 6.61 Å². The standard InChI is InChI=1S/C29H26N2O5/c32-28(30-22-11-14-25-21(17-22)16-20-6-3-4-7-24(20)25)8-2-1-5-15-35-23-12-9-19(10-13-23)27-18-26(29(33)34)31-36-27/h3-4,6-7,9-14,17-18H,1-2,5,8,15-16H2,(H,30,32)(H,33,34). The van der Waals surface area contributed by atoms with Gasteiger partial charge in [0, 0.05) is 23.7 Å². The van der Waals surface area contributed by atoms with Crippen molar-refractivity contribution in [2.45, 2.75) is 32.1 Å². The van der Waals surface area contributed by atoms with Gasteiger partial charge in [0.1, 0.15) is 5.75 Å². The Hall–Kier alpha value is -4.39. The number of nitrogens with one attached hydrogen (secondary N) is 1. The summed E-state index contributed by atoms with van der Waals surface area (Å²) in [5, 5.41) is 15.5. The average Bonchev–Trinajstić information content (AvgIpc) is 3.52. The average molecular weight is 483 g/mol. The molecule has 0 fully saturated rings. The lowest BCUT2D eigenvalue weighted by atomic mass is 10.1. The van der Waals surface area contributed by atoms with Crippen molar-refractivity contribution in [3.63, 3.8) is 0 Å². The van der Waals surface area contributed by atoms with Crippen LogP contribution in [0.2, 0.25) is 0 Å². The third kappa shape index (κ3) is 5.30. The Morgan fingerprint density at radius 2 is 1.72 bits per heavy atom. The van der Waals surface area contributed by atoms with Crippen molar-refractivity contribution >= 4 is 17.6 Å². The van der Waals surface area contributed by atoms with Crippen LogP contribution in [0.25, 0.3) is 22.5 Å². The van der Waals surface area contributed by atoms with Gasteiger partial charge in [0.2, 0.25) is 5.91 Å². The summed E-state index contributed by atoms with van der Waals surface area (Å²) in [6, 6.07) is 23.2. The summed E-state index contributed by atoms with van der Waals surface area (Å²) in [6.45, 7) is 0.553. The second kappa shape index (κ2) is 10.5. The highest BCUT2D eigenvalue weighted by Gasteiger charge is 2.18. The van der Waals surface area contributed by atoms with Crippen molar-refractivity contribution in [2.24, 2.45) is 0 Å². The molecule has 1 aliphatic rings. The highest BCUT2D eigenvalue weighted by molar-refractivity contribution is 5.91. The number of fused-ring (bicyclic) bond motifs is 3. The van der Waals surface area contributed by atoms with Crippen LogP contribution in [0.15, 0.2) is 77.3 Å². The number of ether oxygens (including phenoxy) is 1. The number of carbonyl (C=O) groups excluding carboxylic acids is 1. The first-order chi connectivity index (χ1) is 17.6. The first-order valence-electron chi connectivity index (χ1n) is 12.0. The molecule has 7 nitrogen and oxygen atoms in total. The van der Waals surface area contributed by atoms with E-state index in [0.29, 0.717) is 24.5 Å².